The van der Waals surface area contributed by atoms with Gasteiger partial charge in [0.25, 0.3) is 5.91 Å². The molecular weight excluding hydrogens is 308 g/mol. The molecule has 1 N–H and O–H groups in total. The van der Waals surface area contributed by atoms with Crippen LogP contribution in [0.25, 0.3) is 10.9 Å². The molecule has 0 aliphatic heterocycles. The van der Waals surface area contributed by atoms with E-state index in [9.17, 15) is 4.79 Å². The highest BCUT2D eigenvalue weighted by atomic mass is 35.5. The third kappa shape index (κ3) is 3.06. The average Bonchev–Trinajstić information content (AvgIpc) is 2.54. The summed E-state index contributed by atoms with van der Waals surface area (Å²) in [6, 6.07) is 15.0. The molecule has 3 rings (SSSR count). The SMILES string of the molecule is CCc1nc2ccccc2c(C)c1C(=O)Nc1cccc(Cl)c1. The molecule has 1 aromatic heterocycles. The van der Waals surface area contributed by atoms with Crippen LogP contribution in [0.3, 0.4) is 0 Å². The molecule has 0 bridgehead atoms. The Kier molecular flexibility index (Phi) is 4.30. The van der Waals surface area contributed by atoms with Crippen molar-refractivity contribution in [2.75, 3.05) is 5.32 Å². The van der Waals surface area contributed by atoms with Gasteiger partial charge >= 0.3 is 0 Å². The number of halogens is 1. The fourth-order valence-corrected chi connectivity index (χ4v) is 2.95. The molecular formula is C19H17ClN2O. The number of fused-ring (bicyclic) bond motifs is 1. The Morgan fingerprint density at radius 2 is 1.96 bits per heavy atom. The second-order valence-electron chi connectivity index (χ2n) is 5.39. The minimum Gasteiger partial charge on any atom is -0.322 e. The van der Waals surface area contributed by atoms with Gasteiger partial charge in [-0.05, 0) is 43.2 Å². The van der Waals surface area contributed by atoms with Gasteiger partial charge in [-0.25, -0.2) is 0 Å². The van der Waals surface area contributed by atoms with Crippen LogP contribution in [0.4, 0.5) is 5.69 Å². The van der Waals surface area contributed by atoms with Crippen molar-refractivity contribution in [1.82, 2.24) is 4.98 Å². The van der Waals surface area contributed by atoms with Gasteiger partial charge in [0.05, 0.1) is 16.8 Å². The van der Waals surface area contributed by atoms with Crippen LogP contribution in [-0.2, 0) is 6.42 Å². The highest BCUT2D eigenvalue weighted by molar-refractivity contribution is 6.31. The van der Waals surface area contributed by atoms with Crippen molar-refractivity contribution in [3.8, 4) is 0 Å². The minimum absolute atomic E-state index is 0.153. The zero-order valence-electron chi connectivity index (χ0n) is 13.1. The standard InChI is InChI=1S/C19H17ClN2O/c1-3-16-18(12(2)15-9-4-5-10-17(15)22-16)19(23)21-14-8-6-7-13(20)11-14/h4-11H,3H2,1-2H3,(H,21,23). The van der Waals surface area contributed by atoms with Crippen molar-refractivity contribution in [2.24, 2.45) is 0 Å². The number of carbonyl (C=O) groups excluding carboxylic acids is 1. The molecule has 0 unspecified atom stereocenters. The number of amides is 1. The molecule has 4 heteroatoms. The molecule has 23 heavy (non-hydrogen) atoms. The van der Waals surface area contributed by atoms with Gasteiger partial charge in [-0.3, -0.25) is 9.78 Å². The number of rotatable bonds is 3. The molecule has 116 valence electrons. The summed E-state index contributed by atoms with van der Waals surface area (Å²) >= 11 is 5.98. The molecule has 0 saturated carbocycles. The number of pyridine rings is 1. The highest BCUT2D eigenvalue weighted by Crippen LogP contribution is 2.24. The van der Waals surface area contributed by atoms with Crippen molar-refractivity contribution < 1.29 is 4.79 Å². The molecule has 0 spiro atoms. The number of anilines is 1. The molecule has 1 amide bonds. The Balaban J connectivity index is 2.07. The van der Waals surface area contributed by atoms with Gasteiger partial charge in [0.2, 0.25) is 0 Å². The van der Waals surface area contributed by atoms with Gasteiger partial charge < -0.3 is 5.32 Å². The summed E-state index contributed by atoms with van der Waals surface area (Å²) in [6.07, 6.45) is 0.698. The Bertz CT molecular complexity index is 890. The Morgan fingerprint density at radius 3 is 2.70 bits per heavy atom. The zero-order chi connectivity index (χ0) is 16.4. The first kappa shape index (κ1) is 15.5. The second kappa shape index (κ2) is 6.39. The van der Waals surface area contributed by atoms with E-state index in [-0.39, 0.29) is 5.91 Å². The molecule has 2 aromatic carbocycles. The van der Waals surface area contributed by atoms with E-state index in [1.165, 1.54) is 0 Å². The molecule has 0 fully saturated rings. The monoisotopic (exact) mass is 324 g/mol. The summed E-state index contributed by atoms with van der Waals surface area (Å²) < 4.78 is 0. The fourth-order valence-electron chi connectivity index (χ4n) is 2.76. The number of hydrogen-bond acceptors (Lipinski definition) is 2. The van der Waals surface area contributed by atoms with Crippen LogP contribution in [0.5, 0.6) is 0 Å². The summed E-state index contributed by atoms with van der Waals surface area (Å²) in [5.41, 5.74) is 4.00. The van der Waals surface area contributed by atoms with Crippen molar-refractivity contribution in [3.05, 3.63) is 70.4 Å². The van der Waals surface area contributed by atoms with E-state index in [4.69, 9.17) is 11.6 Å². The molecule has 0 saturated heterocycles. The summed E-state index contributed by atoms with van der Waals surface area (Å²) in [7, 11) is 0. The Labute approximate surface area is 140 Å². The van der Waals surface area contributed by atoms with Crippen LogP contribution in [0.1, 0.15) is 28.5 Å². The third-order valence-electron chi connectivity index (χ3n) is 3.87. The Hall–Kier alpha value is -2.39. The first-order valence-electron chi connectivity index (χ1n) is 7.55. The maximum Gasteiger partial charge on any atom is 0.257 e. The van der Waals surface area contributed by atoms with Crippen LogP contribution in [0, 0.1) is 6.92 Å². The first-order valence-corrected chi connectivity index (χ1v) is 7.93. The number of hydrogen-bond donors (Lipinski definition) is 1. The van der Waals surface area contributed by atoms with E-state index in [1.807, 2.05) is 50.2 Å². The topological polar surface area (TPSA) is 42.0 Å². The van der Waals surface area contributed by atoms with Gasteiger partial charge in [0.15, 0.2) is 0 Å². The largest absolute Gasteiger partial charge is 0.322 e. The van der Waals surface area contributed by atoms with Crippen molar-refractivity contribution >= 4 is 34.1 Å². The lowest BCUT2D eigenvalue weighted by atomic mass is 9.99. The Morgan fingerprint density at radius 1 is 1.17 bits per heavy atom. The molecule has 1 heterocycles. The van der Waals surface area contributed by atoms with E-state index in [0.717, 1.165) is 22.2 Å². The van der Waals surface area contributed by atoms with Crippen molar-refractivity contribution in [2.45, 2.75) is 20.3 Å². The number of aromatic nitrogens is 1. The van der Waals surface area contributed by atoms with E-state index in [2.05, 4.69) is 10.3 Å². The molecule has 0 aliphatic carbocycles. The van der Waals surface area contributed by atoms with Gasteiger partial charge in [0, 0.05) is 16.1 Å². The van der Waals surface area contributed by atoms with Crippen molar-refractivity contribution in [3.63, 3.8) is 0 Å². The van der Waals surface area contributed by atoms with E-state index in [0.29, 0.717) is 22.7 Å². The first-order chi connectivity index (χ1) is 11.1. The van der Waals surface area contributed by atoms with Gasteiger partial charge in [-0.15, -0.1) is 0 Å². The summed E-state index contributed by atoms with van der Waals surface area (Å²) in [4.78, 5) is 17.4. The predicted molar refractivity (Wildman–Crippen MR) is 95.3 cm³/mol. The van der Waals surface area contributed by atoms with Gasteiger partial charge in [-0.1, -0.05) is 42.8 Å². The number of nitrogens with zero attached hydrogens (tertiary/aromatic N) is 1. The molecule has 0 atom stereocenters. The fraction of sp³-hybridized carbons (Fsp3) is 0.158. The summed E-state index contributed by atoms with van der Waals surface area (Å²) in [5, 5.41) is 4.51. The van der Waals surface area contributed by atoms with Crippen LogP contribution >= 0.6 is 11.6 Å². The summed E-state index contributed by atoms with van der Waals surface area (Å²) in [5.74, 6) is -0.153. The molecule has 0 radical (unpaired) electrons. The van der Waals surface area contributed by atoms with Crippen LogP contribution in [0.15, 0.2) is 48.5 Å². The summed E-state index contributed by atoms with van der Waals surface area (Å²) in [6.45, 7) is 3.97. The van der Waals surface area contributed by atoms with E-state index < -0.39 is 0 Å². The van der Waals surface area contributed by atoms with Gasteiger partial charge in [0.1, 0.15) is 0 Å². The minimum atomic E-state index is -0.153. The zero-order valence-corrected chi connectivity index (χ0v) is 13.8. The van der Waals surface area contributed by atoms with Crippen LogP contribution in [-0.4, -0.2) is 10.9 Å². The average molecular weight is 325 g/mol. The molecule has 0 aliphatic rings. The van der Waals surface area contributed by atoms with Crippen LogP contribution < -0.4 is 5.32 Å². The van der Waals surface area contributed by atoms with Crippen LogP contribution in [0.2, 0.25) is 5.02 Å². The maximum absolute atomic E-state index is 12.8. The van der Waals surface area contributed by atoms with Gasteiger partial charge in [-0.2, -0.15) is 0 Å². The number of nitrogens with one attached hydrogen (secondary N) is 1. The second-order valence-corrected chi connectivity index (χ2v) is 5.83. The molecule has 3 aromatic rings. The number of carbonyl (C=O) groups is 1. The van der Waals surface area contributed by atoms with Crippen molar-refractivity contribution in [1.29, 1.82) is 0 Å². The normalized spacial score (nSPS) is 10.7. The third-order valence-corrected chi connectivity index (χ3v) is 4.11. The lowest BCUT2D eigenvalue weighted by molar-refractivity contribution is 0.102. The number of aryl methyl sites for hydroxylation is 2. The number of para-hydroxylation sites is 1. The lowest BCUT2D eigenvalue weighted by Crippen LogP contribution is -2.17. The quantitative estimate of drug-likeness (QED) is 0.735. The van der Waals surface area contributed by atoms with E-state index in [1.54, 1.807) is 12.1 Å². The molecule has 3 nitrogen and oxygen atoms in total. The van der Waals surface area contributed by atoms with E-state index >= 15 is 0 Å². The highest BCUT2D eigenvalue weighted by Gasteiger charge is 2.17. The predicted octanol–water partition coefficient (Wildman–Crippen LogP) is 5.01. The maximum atomic E-state index is 12.8. The number of benzene rings is 2. The lowest BCUT2D eigenvalue weighted by Gasteiger charge is -2.14. The smallest absolute Gasteiger partial charge is 0.257 e.